The molecule has 2 aromatic rings. The largest absolute Gasteiger partial charge is 0.265 e. The molecule has 17 heavy (non-hydrogen) atoms. The van der Waals surface area contributed by atoms with Gasteiger partial charge in [0.25, 0.3) is 9.05 Å². The van der Waals surface area contributed by atoms with Gasteiger partial charge < -0.3 is 0 Å². The Hall–Kier alpha value is -1.46. The predicted octanol–water partition coefficient (Wildman–Crippen LogP) is 2.82. The lowest BCUT2D eigenvalue weighted by atomic mass is 10.1. The summed E-state index contributed by atoms with van der Waals surface area (Å²) < 4.78 is 36.3. The van der Waals surface area contributed by atoms with E-state index in [-0.39, 0.29) is 5.56 Å². The first kappa shape index (κ1) is 12.0. The highest BCUT2D eigenvalue weighted by molar-refractivity contribution is 8.13. The van der Waals surface area contributed by atoms with E-state index >= 15 is 0 Å². The van der Waals surface area contributed by atoms with E-state index in [2.05, 4.69) is 4.98 Å². The van der Waals surface area contributed by atoms with Gasteiger partial charge in [0, 0.05) is 28.6 Å². The van der Waals surface area contributed by atoms with Gasteiger partial charge in [0.15, 0.2) is 0 Å². The minimum atomic E-state index is -4.14. The molecule has 0 bridgehead atoms. The molecule has 0 aliphatic heterocycles. The highest BCUT2D eigenvalue weighted by Crippen LogP contribution is 2.31. The average molecular weight is 272 g/mol. The summed E-state index contributed by atoms with van der Waals surface area (Å²) in [5.74, 6) is -0.866. The Kier molecular flexibility index (Phi) is 3.13. The topological polar surface area (TPSA) is 47.0 Å². The Labute approximate surface area is 102 Å². The van der Waals surface area contributed by atoms with Crippen LogP contribution in [0.3, 0.4) is 0 Å². The molecule has 0 aliphatic rings. The van der Waals surface area contributed by atoms with Crippen LogP contribution in [-0.4, -0.2) is 13.4 Å². The van der Waals surface area contributed by atoms with Crippen molar-refractivity contribution in [2.75, 3.05) is 0 Å². The fourth-order valence-corrected chi connectivity index (χ4v) is 2.74. The molecule has 6 heteroatoms. The summed E-state index contributed by atoms with van der Waals surface area (Å²) in [7, 11) is 1.10. The zero-order valence-electron chi connectivity index (χ0n) is 8.47. The number of nitrogens with zero attached hydrogens (tertiary/aromatic N) is 1. The molecule has 0 aliphatic carbocycles. The molecule has 0 fully saturated rings. The molecule has 0 amide bonds. The van der Waals surface area contributed by atoms with Crippen molar-refractivity contribution >= 4 is 19.7 Å². The number of halogens is 2. The van der Waals surface area contributed by atoms with Gasteiger partial charge in [0.05, 0.1) is 0 Å². The van der Waals surface area contributed by atoms with Crippen molar-refractivity contribution in [3.05, 3.63) is 48.5 Å². The van der Waals surface area contributed by atoms with E-state index in [1.807, 2.05) is 0 Å². The van der Waals surface area contributed by atoms with Crippen molar-refractivity contribution < 1.29 is 12.8 Å². The summed E-state index contributed by atoms with van der Waals surface area (Å²) in [5, 5.41) is 0. The van der Waals surface area contributed by atoms with Crippen molar-refractivity contribution in [2.45, 2.75) is 4.90 Å². The summed E-state index contributed by atoms with van der Waals surface area (Å²) in [6, 6.07) is 7.14. The van der Waals surface area contributed by atoms with Crippen LogP contribution in [0.2, 0.25) is 0 Å². The standard InChI is InChI=1S/C11H7ClFNO2S/c12-17(15,16)11-9(2-1-3-10(11)13)8-4-6-14-7-5-8/h1-7H. The van der Waals surface area contributed by atoms with Crippen LogP contribution in [0.15, 0.2) is 47.6 Å². The van der Waals surface area contributed by atoms with Gasteiger partial charge in [-0.25, -0.2) is 12.8 Å². The van der Waals surface area contributed by atoms with Gasteiger partial charge in [-0.3, -0.25) is 4.98 Å². The third-order valence-electron chi connectivity index (χ3n) is 2.20. The molecule has 3 nitrogen and oxygen atoms in total. The predicted molar refractivity (Wildman–Crippen MR) is 62.7 cm³/mol. The van der Waals surface area contributed by atoms with E-state index in [0.29, 0.717) is 5.56 Å². The lowest BCUT2D eigenvalue weighted by Crippen LogP contribution is -1.98. The molecule has 0 unspecified atom stereocenters. The summed E-state index contributed by atoms with van der Waals surface area (Å²) in [6.07, 6.45) is 2.98. The number of aromatic nitrogens is 1. The van der Waals surface area contributed by atoms with E-state index in [1.54, 1.807) is 12.1 Å². The van der Waals surface area contributed by atoms with Gasteiger partial charge in [-0.05, 0) is 23.8 Å². The Morgan fingerprint density at radius 3 is 2.35 bits per heavy atom. The molecule has 2 rings (SSSR count). The molecule has 0 spiro atoms. The van der Waals surface area contributed by atoms with Crippen LogP contribution in [-0.2, 0) is 9.05 Å². The highest BCUT2D eigenvalue weighted by Gasteiger charge is 2.21. The van der Waals surface area contributed by atoms with E-state index < -0.39 is 19.8 Å². The van der Waals surface area contributed by atoms with Crippen LogP contribution in [0.1, 0.15) is 0 Å². The van der Waals surface area contributed by atoms with Gasteiger partial charge in [-0.1, -0.05) is 12.1 Å². The summed E-state index contributed by atoms with van der Waals surface area (Å²) in [6.45, 7) is 0. The summed E-state index contributed by atoms with van der Waals surface area (Å²) >= 11 is 0. The Morgan fingerprint density at radius 2 is 1.76 bits per heavy atom. The molecule has 1 aromatic carbocycles. The maximum Gasteiger partial charge on any atom is 0.264 e. The molecular formula is C11H7ClFNO2S. The summed E-state index contributed by atoms with van der Waals surface area (Å²) in [4.78, 5) is 3.30. The molecule has 88 valence electrons. The average Bonchev–Trinajstić information content (AvgIpc) is 2.28. The van der Waals surface area contributed by atoms with Crippen LogP contribution in [0.5, 0.6) is 0 Å². The third kappa shape index (κ3) is 2.45. The van der Waals surface area contributed by atoms with E-state index in [1.165, 1.54) is 24.5 Å². The second kappa shape index (κ2) is 4.43. The number of hydrogen-bond acceptors (Lipinski definition) is 3. The van der Waals surface area contributed by atoms with E-state index in [0.717, 1.165) is 6.07 Å². The first-order chi connectivity index (χ1) is 8.00. The number of hydrogen-bond donors (Lipinski definition) is 0. The quantitative estimate of drug-likeness (QED) is 0.789. The van der Waals surface area contributed by atoms with Crippen molar-refractivity contribution in [3.8, 4) is 11.1 Å². The maximum absolute atomic E-state index is 13.6. The molecule has 0 saturated carbocycles. The number of benzene rings is 1. The smallest absolute Gasteiger partial charge is 0.264 e. The van der Waals surface area contributed by atoms with E-state index in [9.17, 15) is 12.8 Å². The normalized spacial score (nSPS) is 11.4. The Balaban J connectivity index is 2.76. The second-order valence-corrected chi connectivity index (χ2v) is 5.79. The van der Waals surface area contributed by atoms with Gasteiger partial charge in [0.1, 0.15) is 10.7 Å². The van der Waals surface area contributed by atoms with Gasteiger partial charge in [0.2, 0.25) is 0 Å². The Morgan fingerprint density at radius 1 is 1.12 bits per heavy atom. The fourth-order valence-electron chi connectivity index (χ4n) is 1.52. The summed E-state index contributed by atoms with van der Waals surface area (Å²) in [5.41, 5.74) is 0.765. The van der Waals surface area contributed by atoms with Crippen molar-refractivity contribution in [2.24, 2.45) is 0 Å². The van der Waals surface area contributed by atoms with Crippen LogP contribution >= 0.6 is 10.7 Å². The second-order valence-electron chi connectivity index (χ2n) is 3.29. The van der Waals surface area contributed by atoms with Crippen LogP contribution in [0.25, 0.3) is 11.1 Å². The maximum atomic E-state index is 13.6. The lowest BCUT2D eigenvalue weighted by molar-refractivity contribution is 0.576. The number of pyridine rings is 1. The highest BCUT2D eigenvalue weighted by atomic mass is 35.7. The zero-order valence-corrected chi connectivity index (χ0v) is 10.0. The third-order valence-corrected chi connectivity index (χ3v) is 3.57. The lowest BCUT2D eigenvalue weighted by Gasteiger charge is -2.07. The fraction of sp³-hybridized carbons (Fsp3) is 0. The molecule has 1 heterocycles. The van der Waals surface area contributed by atoms with Crippen LogP contribution in [0, 0.1) is 5.82 Å². The van der Waals surface area contributed by atoms with Gasteiger partial charge in [-0.15, -0.1) is 0 Å². The molecule has 1 aromatic heterocycles. The molecule has 0 radical (unpaired) electrons. The first-order valence-corrected chi connectivity index (χ1v) is 6.94. The monoisotopic (exact) mass is 271 g/mol. The van der Waals surface area contributed by atoms with E-state index in [4.69, 9.17) is 10.7 Å². The molecule has 0 saturated heterocycles. The minimum Gasteiger partial charge on any atom is -0.265 e. The van der Waals surface area contributed by atoms with Crippen molar-refractivity contribution in [3.63, 3.8) is 0 Å². The van der Waals surface area contributed by atoms with Crippen LogP contribution < -0.4 is 0 Å². The molecule has 0 atom stereocenters. The molecule has 0 N–H and O–H groups in total. The zero-order chi connectivity index (χ0) is 12.5. The van der Waals surface area contributed by atoms with Gasteiger partial charge >= 0.3 is 0 Å². The van der Waals surface area contributed by atoms with Crippen molar-refractivity contribution in [1.82, 2.24) is 4.98 Å². The van der Waals surface area contributed by atoms with Crippen molar-refractivity contribution in [1.29, 1.82) is 0 Å². The van der Waals surface area contributed by atoms with Crippen LogP contribution in [0.4, 0.5) is 4.39 Å². The first-order valence-electron chi connectivity index (χ1n) is 4.64. The van der Waals surface area contributed by atoms with Gasteiger partial charge in [-0.2, -0.15) is 0 Å². The SMILES string of the molecule is O=S(=O)(Cl)c1c(F)cccc1-c1ccncc1. The molecular weight excluding hydrogens is 265 g/mol. The Bertz CT molecular complexity index is 644. The minimum absolute atomic E-state index is 0.224. The number of rotatable bonds is 2.